The number of rotatable bonds is 8. The molecule has 1 aliphatic heterocycles. The highest BCUT2D eigenvalue weighted by atomic mass is 16.5. The van der Waals surface area contributed by atoms with Crippen LogP contribution in [0.15, 0.2) is 48.5 Å². The topological polar surface area (TPSA) is 73.9 Å². The molecule has 1 heterocycles. The number of nitrogens with zero attached hydrogens (tertiary/aromatic N) is 2. The maximum Gasteiger partial charge on any atom is 0.314 e. The number of likely N-dealkylation sites (N-methyl/N-ethyl adjacent to an activating group) is 1. The Bertz CT molecular complexity index is 967. The van der Waals surface area contributed by atoms with Crippen molar-refractivity contribution in [1.82, 2.24) is 20.4 Å². The first kappa shape index (κ1) is 25.6. The highest BCUT2D eigenvalue weighted by molar-refractivity contribution is 5.85. The van der Waals surface area contributed by atoms with Crippen LogP contribution in [0.4, 0.5) is 4.79 Å². The highest BCUT2D eigenvalue weighted by Crippen LogP contribution is 2.34. The third-order valence-electron chi connectivity index (χ3n) is 6.41. The Morgan fingerprint density at radius 2 is 1.68 bits per heavy atom. The van der Waals surface area contributed by atoms with Crippen LogP contribution in [0.25, 0.3) is 0 Å². The van der Waals surface area contributed by atoms with Crippen molar-refractivity contribution in [1.29, 1.82) is 0 Å². The van der Waals surface area contributed by atoms with Gasteiger partial charge in [0.1, 0.15) is 18.0 Å². The molecule has 2 aromatic rings. The van der Waals surface area contributed by atoms with Crippen LogP contribution in [-0.4, -0.2) is 61.6 Å². The maximum absolute atomic E-state index is 13.5. The number of carbonyl (C=O) groups excluding carboxylic acids is 2. The molecule has 0 radical (unpaired) electrons. The number of amides is 3. The molecule has 3 amide bonds. The number of hydrogen-bond donors (Lipinski definition) is 2. The van der Waals surface area contributed by atoms with Crippen molar-refractivity contribution in [3.05, 3.63) is 65.2 Å². The summed E-state index contributed by atoms with van der Waals surface area (Å²) in [6.07, 6.45) is 0.539. The lowest BCUT2D eigenvalue weighted by molar-refractivity contribution is -0.130. The van der Waals surface area contributed by atoms with Crippen molar-refractivity contribution in [2.45, 2.75) is 51.7 Å². The van der Waals surface area contributed by atoms with Gasteiger partial charge in [0.05, 0.1) is 7.11 Å². The lowest BCUT2D eigenvalue weighted by Crippen LogP contribution is -2.45. The van der Waals surface area contributed by atoms with E-state index >= 15 is 0 Å². The van der Waals surface area contributed by atoms with Crippen LogP contribution in [0.3, 0.4) is 0 Å². The zero-order chi connectivity index (χ0) is 24.9. The van der Waals surface area contributed by atoms with Gasteiger partial charge in [-0.2, -0.15) is 0 Å². The molecule has 3 rings (SSSR count). The lowest BCUT2D eigenvalue weighted by atomic mass is 9.86. The van der Waals surface area contributed by atoms with E-state index in [4.69, 9.17) is 4.74 Å². The number of nitrogens with one attached hydrogen (secondary N) is 2. The molecule has 0 spiro atoms. The minimum atomic E-state index is -0.425. The Kier molecular flexibility index (Phi) is 8.20. The Labute approximate surface area is 203 Å². The fourth-order valence-corrected chi connectivity index (χ4v) is 4.36. The fraction of sp³-hybridized carbons (Fsp3) is 0.481. The van der Waals surface area contributed by atoms with Gasteiger partial charge in [0.2, 0.25) is 5.91 Å². The SMILES string of the molecule is CCNC(=O)NC[C@H]1C(=O)N(CCc2ccc(OC)cc2)[C@@H](c2ccc(C(C)(C)C)cc2)N1C. The predicted octanol–water partition coefficient (Wildman–Crippen LogP) is 3.70. The monoisotopic (exact) mass is 466 g/mol. The van der Waals surface area contributed by atoms with Crippen LogP contribution < -0.4 is 15.4 Å². The Balaban J connectivity index is 1.83. The fourth-order valence-electron chi connectivity index (χ4n) is 4.36. The Hall–Kier alpha value is -3.06. The smallest absolute Gasteiger partial charge is 0.314 e. The number of ether oxygens (including phenoxy) is 1. The summed E-state index contributed by atoms with van der Waals surface area (Å²) in [7, 11) is 3.61. The van der Waals surface area contributed by atoms with Crippen molar-refractivity contribution in [2.24, 2.45) is 0 Å². The van der Waals surface area contributed by atoms with Crippen molar-refractivity contribution in [3.8, 4) is 5.75 Å². The molecule has 1 aliphatic rings. The Morgan fingerprint density at radius 3 is 2.24 bits per heavy atom. The van der Waals surface area contributed by atoms with E-state index in [-0.39, 0.29) is 30.1 Å². The maximum atomic E-state index is 13.5. The molecule has 0 aromatic heterocycles. The third-order valence-corrected chi connectivity index (χ3v) is 6.41. The standard InChI is InChI=1S/C27H38N4O3/c1-7-28-26(33)29-18-23-25(32)31(17-16-19-8-14-22(34-6)15-9-19)24(30(23)5)20-10-12-21(13-11-20)27(2,3)4/h8-15,23-24H,7,16-18H2,1-6H3,(H2,28,29,33)/t23-,24-/m0/s1. The van der Waals surface area contributed by atoms with Gasteiger partial charge in [-0.25, -0.2) is 4.79 Å². The summed E-state index contributed by atoms with van der Waals surface area (Å²) in [5.74, 6) is 0.840. The molecule has 2 atom stereocenters. The molecule has 0 bridgehead atoms. The van der Waals surface area contributed by atoms with Gasteiger partial charge >= 0.3 is 6.03 Å². The lowest BCUT2D eigenvalue weighted by Gasteiger charge is -2.30. The van der Waals surface area contributed by atoms with Gasteiger partial charge < -0.3 is 20.3 Å². The number of urea groups is 1. The van der Waals surface area contributed by atoms with Gasteiger partial charge in [0.15, 0.2) is 0 Å². The zero-order valence-corrected chi connectivity index (χ0v) is 21.2. The van der Waals surface area contributed by atoms with Gasteiger partial charge in [-0.15, -0.1) is 0 Å². The third kappa shape index (κ3) is 5.89. The van der Waals surface area contributed by atoms with E-state index in [0.717, 1.165) is 23.3 Å². The van der Waals surface area contributed by atoms with E-state index in [1.54, 1.807) is 7.11 Å². The van der Waals surface area contributed by atoms with Gasteiger partial charge in [-0.05, 0) is 54.6 Å². The molecular weight excluding hydrogens is 428 g/mol. The summed E-state index contributed by atoms with van der Waals surface area (Å²) in [6.45, 7) is 9.82. The summed E-state index contributed by atoms with van der Waals surface area (Å²) in [5.41, 5.74) is 3.52. The molecule has 0 unspecified atom stereocenters. The van der Waals surface area contributed by atoms with E-state index < -0.39 is 6.04 Å². The molecule has 7 heteroatoms. The first-order chi connectivity index (χ1) is 16.2. The summed E-state index contributed by atoms with van der Waals surface area (Å²) >= 11 is 0. The second kappa shape index (κ2) is 10.9. The average molecular weight is 467 g/mol. The molecule has 1 fully saturated rings. The second-order valence-electron chi connectivity index (χ2n) is 9.80. The molecular formula is C27H38N4O3. The van der Waals surface area contributed by atoms with Crippen LogP contribution in [0, 0.1) is 0 Å². The molecule has 2 aromatic carbocycles. The van der Waals surface area contributed by atoms with Crippen LogP contribution >= 0.6 is 0 Å². The molecule has 7 nitrogen and oxygen atoms in total. The number of benzene rings is 2. The number of carbonyl (C=O) groups is 2. The summed E-state index contributed by atoms with van der Waals surface area (Å²) in [6, 6.07) is 15.8. The summed E-state index contributed by atoms with van der Waals surface area (Å²) < 4.78 is 5.25. The predicted molar refractivity (Wildman–Crippen MR) is 135 cm³/mol. The summed E-state index contributed by atoms with van der Waals surface area (Å²) in [5, 5.41) is 5.57. The molecule has 1 saturated heterocycles. The van der Waals surface area contributed by atoms with Gasteiger partial charge in [0.25, 0.3) is 0 Å². The van der Waals surface area contributed by atoms with Crippen LogP contribution in [0.2, 0.25) is 0 Å². The largest absolute Gasteiger partial charge is 0.497 e. The van der Waals surface area contributed by atoms with E-state index in [1.165, 1.54) is 5.56 Å². The molecule has 2 N–H and O–H groups in total. The number of methoxy groups -OCH3 is 1. The van der Waals surface area contributed by atoms with Crippen LogP contribution in [0.5, 0.6) is 5.75 Å². The Morgan fingerprint density at radius 1 is 1.03 bits per heavy atom. The minimum Gasteiger partial charge on any atom is -0.497 e. The highest BCUT2D eigenvalue weighted by Gasteiger charge is 2.44. The van der Waals surface area contributed by atoms with Crippen molar-refractivity contribution in [2.75, 3.05) is 33.8 Å². The van der Waals surface area contributed by atoms with E-state index in [2.05, 4.69) is 60.6 Å². The van der Waals surface area contributed by atoms with Gasteiger partial charge in [0, 0.05) is 19.6 Å². The first-order valence-corrected chi connectivity index (χ1v) is 11.9. The molecule has 184 valence electrons. The first-order valence-electron chi connectivity index (χ1n) is 11.9. The van der Waals surface area contributed by atoms with E-state index in [9.17, 15) is 9.59 Å². The molecule has 34 heavy (non-hydrogen) atoms. The number of hydrogen-bond acceptors (Lipinski definition) is 4. The molecule has 0 aliphatic carbocycles. The zero-order valence-electron chi connectivity index (χ0n) is 21.2. The molecule has 0 saturated carbocycles. The van der Waals surface area contributed by atoms with Crippen molar-refractivity contribution in [3.63, 3.8) is 0 Å². The van der Waals surface area contributed by atoms with Crippen LogP contribution in [-0.2, 0) is 16.6 Å². The van der Waals surface area contributed by atoms with Crippen molar-refractivity contribution >= 4 is 11.9 Å². The van der Waals surface area contributed by atoms with E-state index in [1.807, 2.05) is 43.1 Å². The quantitative estimate of drug-likeness (QED) is 0.622. The van der Waals surface area contributed by atoms with Gasteiger partial charge in [-0.3, -0.25) is 9.69 Å². The van der Waals surface area contributed by atoms with Gasteiger partial charge in [-0.1, -0.05) is 57.2 Å². The van der Waals surface area contributed by atoms with Crippen LogP contribution in [0.1, 0.15) is 50.6 Å². The van der Waals surface area contributed by atoms with E-state index in [0.29, 0.717) is 13.1 Å². The summed E-state index contributed by atoms with van der Waals surface area (Å²) in [4.78, 5) is 29.5. The minimum absolute atomic E-state index is 0.0257. The second-order valence-corrected chi connectivity index (χ2v) is 9.80. The average Bonchev–Trinajstić information content (AvgIpc) is 3.05. The van der Waals surface area contributed by atoms with Crippen molar-refractivity contribution < 1.29 is 14.3 Å². The normalized spacial score (nSPS) is 18.8.